The van der Waals surface area contributed by atoms with Gasteiger partial charge in [0.25, 0.3) is 0 Å². The smallest absolute Gasteiger partial charge is 0.00458 e. The first-order valence-corrected chi connectivity index (χ1v) is 9.99. The van der Waals surface area contributed by atoms with Crippen LogP contribution in [0.15, 0.2) is 0 Å². The average molecular weight is 311 g/mol. The van der Waals surface area contributed by atoms with Crippen LogP contribution in [0.4, 0.5) is 0 Å². The van der Waals surface area contributed by atoms with Gasteiger partial charge in [-0.25, -0.2) is 0 Å². The van der Waals surface area contributed by atoms with Gasteiger partial charge in [0, 0.05) is 13.1 Å². The Bertz CT molecular complexity index is 300. The van der Waals surface area contributed by atoms with Crippen molar-refractivity contribution in [2.45, 2.75) is 57.8 Å². The van der Waals surface area contributed by atoms with E-state index in [0.717, 1.165) is 11.7 Å². The van der Waals surface area contributed by atoms with Gasteiger partial charge < -0.3 is 9.80 Å². The minimum absolute atomic E-state index is 0.545. The Morgan fingerprint density at radius 2 is 1.48 bits per heavy atom. The standard InChI is InChI=1S/C18H34N2S/c21-16-18(8-2-1-3-9-18)15-20-12-6-17(7-13-20)14-19-10-4-5-11-19/h17,21H,1-16H2. The minimum atomic E-state index is 0.545. The third kappa shape index (κ3) is 4.39. The van der Waals surface area contributed by atoms with Gasteiger partial charge in [-0.15, -0.1) is 0 Å². The molecule has 1 saturated carbocycles. The lowest BCUT2D eigenvalue weighted by Gasteiger charge is -2.43. The zero-order chi connectivity index (χ0) is 14.5. The molecule has 3 rings (SSSR count). The van der Waals surface area contributed by atoms with Crippen molar-refractivity contribution in [2.75, 3.05) is 45.0 Å². The fourth-order valence-corrected chi connectivity index (χ4v) is 5.22. The van der Waals surface area contributed by atoms with Crippen molar-refractivity contribution in [1.82, 2.24) is 9.80 Å². The molecule has 2 heterocycles. The summed E-state index contributed by atoms with van der Waals surface area (Å²) in [5, 5.41) is 0. The van der Waals surface area contributed by atoms with Gasteiger partial charge in [0.15, 0.2) is 0 Å². The zero-order valence-corrected chi connectivity index (χ0v) is 14.6. The summed E-state index contributed by atoms with van der Waals surface area (Å²) in [4.78, 5) is 5.47. The second-order valence-corrected chi connectivity index (χ2v) is 8.26. The summed E-state index contributed by atoms with van der Waals surface area (Å²) < 4.78 is 0. The van der Waals surface area contributed by atoms with Crippen LogP contribution in [0.25, 0.3) is 0 Å². The summed E-state index contributed by atoms with van der Waals surface area (Å²) in [6, 6.07) is 0. The van der Waals surface area contributed by atoms with E-state index in [1.54, 1.807) is 0 Å². The predicted molar refractivity (Wildman–Crippen MR) is 94.2 cm³/mol. The number of rotatable bonds is 5. The van der Waals surface area contributed by atoms with E-state index < -0.39 is 0 Å². The predicted octanol–water partition coefficient (Wildman–Crippen LogP) is 3.67. The number of piperidine rings is 1. The molecule has 0 spiro atoms. The Labute approximate surface area is 137 Å². The maximum atomic E-state index is 4.71. The van der Waals surface area contributed by atoms with Crippen molar-refractivity contribution in [3.63, 3.8) is 0 Å². The van der Waals surface area contributed by atoms with Crippen LogP contribution in [0.3, 0.4) is 0 Å². The van der Waals surface area contributed by atoms with Gasteiger partial charge in [-0.2, -0.15) is 12.6 Å². The molecule has 0 aromatic rings. The molecule has 2 saturated heterocycles. The molecule has 0 aromatic carbocycles. The van der Waals surface area contributed by atoms with Gasteiger partial charge in [0.05, 0.1) is 0 Å². The molecular formula is C18H34N2S. The van der Waals surface area contributed by atoms with Crippen molar-refractivity contribution in [1.29, 1.82) is 0 Å². The molecule has 21 heavy (non-hydrogen) atoms. The quantitative estimate of drug-likeness (QED) is 0.774. The Kier molecular flexibility index (Phi) is 5.92. The van der Waals surface area contributed by atoms with Crippen molar-refractivity contribution in [3.05, 3.63) is 0 Å². The van der Waals surface area contributed by atoms with Gasteiger partial charge in [-0.1, -0.05) is 19.3 Å². The number of hydrogen-bond donors (Lipinski definition) is 1. The van der Waals surface area contributed by atoms with Gasteiger partial charge in [-0.3, -0.25) is 0 Å². The average Bonchev–Trinajstić information content (AvgIpc) is 3.03. The van der Waals surface area contributed by atoms with E-state index in [0.29, 0.717) is 5.41 Å². The molecule has 0 unspecified atom stereocenters. The summed E-state index contributed by atoms with van der Waals surface area (Å²) in [6.45, 7) is 8.12. The topological polar surface area (TPSA) is 6.48 Å². The van der Waals surface area contributed by atoms with Crippen molar-refractivity contribution in [3.8, 4) is 0 Å². The molecule has 3 heteroatoms. The molecular weight excluding hydrogens is 276 g/mol. The molecule has 0 bridgehead atoms. The second-order valence-electron chi connectivity index (χ2n) is 7.95. The van der Waals surface area contributed by atoms with E-state index in [2.05, 4.69) is 9.80 Å². The van der Waals surface area contributed by atoms with Gasteiger partial charge in [0.2, 0.25) is 0 Å². The molecule has 3 aliphatic rings. The lowest BCUT2D eigenvalue weighted by Crippen LogP contribution is -2.45. The highest BCUT2D eigenvalue weighted by atomic mass is 32.1. The van der Waals surface area contributed by atoms with Gasteiger partial charge in [0.1, 0.15) is 0 Å². The van der Waals surface area contributed by atoms with Crippen LogP contribution in [0, 0.1) is 11.3 Å². The SMILES string of the molecule is SCC1(CN2CCC(CN3CCCC3)CC2)CCCCC1. The van der Waals surface area contributed by atoms with Crippen LogP contribution in [0.1, 0.15) is 57.8 Å². The second kappa shape index (κ2) is 7.70. The summed E-state index contributed by atoms with van der Waals surface area (Å²) in [5.74, 6) is 2.07. The van der Waals surface area contributed by atoms with Crippen LogP contribution >= 0.6 is 12.6 Å². The van der Waals surface area contributed by atoms with E-state index in [4.69, 9.17) is 12.6 Å². The van der Waals surface area contributed by atoms with Crippen molar-refractivity contribution < 1.29 is 0 Å². The van der Waals surface area contributed by atoms with Gasteiger partial charge >= 0.3 is 0 Å². The van der Waals surface area contributed by atoms with Gasteiger partial charge in [-0.05, 0) is 81.8 Å². The van der Waals surface area contributed by atoms with E-state index in [9.17, 15) is 0 Å². The Morgan fingerprint density at radius 1 is 0.810 bits per heavy atom. The fourth-order valence-electron chi connectivity index (χ4n) is 4.80. The molecule has 2 nitrogen and oxygen atoms in total. The molecule has 0 atom stereocenters. The summed E-state index contributed by atoms with van der Waals surface area (Å²) in [7, 11) is 0. The van der Waals surface area contributed by atoms with E-state index in [-0.39, 0.29) is 0 Å². The Balaban J connectivity index is 1.42. The van der Waals surface area contributed by atoms with E-state index >= 15 is 0 Å². The van der Waals surface area contributed by atoms with Crippen molar-refractivity contribution in [2.24, 2.45) is 11.3 Å². The largest absolute Gasteiger partial charge is 0.303 e. The molecule has 1 aliphatic carbocycles. The first-order chi connectivity index (χ1) is 10.3. The summed E-state index contributed by atoms with van der Waals surface area (Å²) >= 11 is 4.71. The van der Waals surface area contributed by atoms with E-state index in [1.165, 1.54) is 97.1 Å². The molecule has 0 aromatic heterocycles. The highest BCUT2D eigenvalue weighted by Crippen LogP contribution is 2.38. The highest BCUT2D eigenvalue weighted by molar-refractivity contribution is 7.80. The molecule has 0 amide bonds. The monoisotopic (exact) mass is 310 g/mol. The Morgan fingerprint density at radius 3 is 2.10 bits per heavy atom. The third-order valence-corrected chi connectivity index (χ3v) is 6.90. The molecule has 3 fully saturated rings. The lowest BCUT2D eigenvalue weighted by atomic mass is 9.75. The highest BCUT2D eigenvalue weighted by Gasteiger charge is 2.34. The Hall–Kier alpha value is 0.270. The van der Waals surface area contributed by atoms with Crippen LogP contribution in [-0.4, -0.2) is 54.8 Å². The lowest BCUT2D eigenvalue weighted by molar-refractivity contribution is 0.0872. The molecule has 122 valence electrons. The fraction of sp³-hybridized carbons (Fsp3) is 1.00. The molecule has 0 radical (unpaired) electrons. The maximum absolute atomic E-state index is 4.71. The zero-order valence-electron chi connectivity index (χ0n) is 13.7. The van der Waals surface area contributed by atoms with Crippen LogP contribution in [0.2, 0.25) is 0 Å². The first-order valence-electron chi connectivity index (χ1n) is 9.35. The number of hydrogen-bond acceptors (Lipinski definition) is 3. The van der Waals surface area contributed by atoms with E-state index in [1.807, 2.05) is 0 Å². The first kappa shape index (κ1) is 16.1. The number of nitrogens with zero attached hydrogens (tertiary/aromatic N) is 2. The van der Waals surface area contributed by atoms with Crippen LogP contribution < -0.4 is 0 Å². The normalized spacial score (nSPS) is 29.0. The van der Waals surface area contributed by atoms with Crippen LogP contribution in [-0.2, 0) is 0 Å². The van der Waals surface area contributed by atoms with Crippen molar-refractivity contribution >= 4 is 12.6 Å². The number of likely N-dealkylation sites (tertiary alicyclic amines) is 2. The minimum Gasteiger partial charge on any atom is -0.303 e. The molecule has 0 N–H and O–H groups in total. The third-order valence-electron chi connectivity index (χ3n) is 6.23. The summed E-state index contributed by atoms with van der Waals surface area (Å²) in [5.41, 5.74) is 0.545. The summed E-state index contributed by atoms with van der Waals surface area (Å²) in [6.07, 6.45) is 12.9. The molecule has 2 aliphatic heterocycles. The van der Waals surface area contributed by atoms with Crippen LogP contribution in [0.5, 0.6) is 0 Å². The number of thiol groups is 1. The maximum Gasteiger partial charge on any atom is 0.00458 e.